The molecule has 8 nitrogen and oxygen atoms in total. The van der Waals surface area contributed by atoms with E-state index >= 15 is 0 Å². The molecular weight excluding hydrogens is 348 g/mol. The van der Waals surface area contributed by atoms with Crippen molar-refractivity contribution in [3.05, 3.63) is 41.7 Å². The largest absolute Gasteiger partial charge is 0.382 e. The third kappa shape index (κ3) is 6.41. The molecule has 1 aromatic heterocycles. The van der Waals surface area contributed by atoms with Gasteiger partial charge in [-0.15, -0.1) is 0 Å². The highest BCUT2D eigenvalue weighted by atomic mass is 16.5. The maximum atomic E-state index is 12.7. The molecule has 2 N–H and O–H groups in total. The van der Waals surface area contributed by atoms with E-state index in [-0.39, 0.29) is 18.5 Å². The van der Waals surface area contributed by atoms with E-state index in [9.17, 15) is 9.59 Å². The fraction of sp³-hybridized carbons (Fsp3) is 0.421. The van der Waals surface area contributed by atoms with Crippen molar-refractivity contribution in [1.29, 1.82) is 0 Å². The summed E-state index contributed by atoms with van der Waals surface area (Å²) in [5.41, 5.74) is 2.80. The number of benzene rings is 1. The Morgan fingerprint density at radius 2 is 2.04 bits per heavy atom. The molecule has 0 aliphatic heterocycles. The second kappa shape index (κ2) is 10.3. The predicted octanol–water partition coefficient (Wildman–Crippen LogP) is 3.19. The Kier molecular flexibility index (Phi) is 7.81. The maximum Gasteiger partial charge on any atom is 0.322 e. The zero-order chi connectivity index (χ0) is 19.6. The highest BCUT2D eigenvalue weighted by molar-refractivity contribution is 5.96. The number of rotatable bonds is 9. The van der Waals surface area contributed by atoms with Gasteiger partial charge in [-0.1, -0.05) is 17.3 Å². The average molecular weight is 374 g/mol. The van der Waals surface area contributed by atoms with E-state index in [1.807, 2.05) is 39.0 Å². The lowest BCUT2D eigenvalue weighted by atomic mass is 10.1. The molecule has 0 fully saturated rings. The monoisotopic (exact) mass is 374 g/mol. The van der Waals surface area contributed by atoms with E-state index in [0.29, 0.717) is 32.0 Å². The quantitative estimate of drug-likeness (QED) is 0.657. The molecule has 0 spiro atoms. The van der Waals surface area contributed by atoms with Crippen LogP contribution in [0.3, 0.4) is 0 Å². The molecular formula is C19H26N4O4. The van der Waals surface area contributed by atoms with Gasteiger partial charge in [0.1, 0.15) is 12.8 Å². The predicted molar refractivity (Wildman–Crippen MR) is 103 cm³/mol. The lowest BCUT2D eigenvalue weighted by Gasteiger charge is -2.23. The van der Waals surface area contributed by atoms with Crippen molar-refractivity contribution >= 4 is 23.4 Å². The summed E-state index contributed by atoms with van der Waals surface area (Å²) in [5.74, 6) is -0.0411. The molecule has 0 atom stereocenters. The lowest BCUT2D eigenvalue weighted by molar-refractivity contribution is -0.116. The van der Waals surface area contributed by atoms with Crippen LogP contribution in [0.1, 0.15) is 24.5 Å². The van der Waals surface area contributed by atoms with Crippen LogP contribution in [0.2, 0.25) is 0 Å². The van der Waals surface area contributed by atoms with Gasteiger partial charge in [-0.05, 0) is 44.4 Å². The lowest BCUT2D eigenvalue weighted by Crippen LogP contribution is -2.41. The number of amides is 3. The van der Waals surface area contributed by atoms with Gasteiger partial charge >= 0.3 is 6.03 Å². The number of carbonyl (C=O) groups is 2. The molecule has 2 aromatic rings. The van der Waals surface area contributed by atoms with E-state index in [4.69, 9.17) is 4.74 Å². The van der Waals surface area contributed by atoms with E-state index in [1.165, 1.54) is 17.2 Å². The van der Waals surface area contributed by atoms with Crippen molar-refractivity contribution < 1.29 is 18.8 Å². The summed E-state index contributed by atoms with van der Waals surface area (Å²) < 4.78 is 10.0. The first-order valence-corrected chi connectivity index (χ1v) is 8.91. The van der Waals surface area contributed by atoms with Gasteiger partial charge in [0.15, 0.2) is 5.82 Å². The van der Waals surface area contributed by atoms with E-state index in [0.717, 1.165) is 16.8 Å². The SMILES string of the molecule is CCOCCCN(CC(=O)Nc1ccon1)C(=O)Nc1cccc(C)c1C. The maximum absolute atomic E-state index is 12.7. The summed E-state index contributed by atoms with van der Waals surface area (Å²) in [6, 6.07) is 6.90. The van der Waals surface area contributed by atoms with E-state index < -0.39 is 0 Å². The third-order valence-corrected chi connectivity index (χ3v) is 4.09. The number of ether oxygens (including phenoxy) is 1. The molecule has 0 saturated carbocycles. The molecule has 0 unspecified atom stereocenters. The molecule has 3 amide bonds. The van der Waals surface area contributed by atoms with Crippen LogP contribution in [0, 0.1) is 13.8 Å². The minimum absolute atomic E-state index is 0.102. The molecule has 0 saturated heterocycles. The van der Waals surface area contributed by atoms with Gasteiger partial charge in [-0.2, -0.15) is 0 Å². The summed E-state index contributed by atoms with van der Waals surface area (Å²) in [7, 11) is 0. The molecule has 146 valence electrons. The van der Waals surface area contributed by atoms with Crippen molar-refractivity contribution in [2.24, 2.45) is 0 Å². The first-order chi connectivity index (χ1) is 13.0. The minimum atomic E-state index is -0.351. The van der Waals surface area contributed by atoms with Crippen LogP contribution >= 0.6 is 0 Å². The summed E-state index contributed by atoms with van der Waals surface area (Å²) in [4.78, 5) is 26.4. The van der Waals surface area contributed by atoms with Crippen molar-refractivity contribution in [2.45, 2.75) is 27.2 Å². The fourth-order valence-corrected chi connectivity index (χ4v) is 2.47. The molecule has 0 aliphatic carbocycles. The van der Waals surface area contributed by atoms with Crippen molar-refractivity contribution in [3.63, 3.8) is 0 Å². The number of anilines is 2. The molecule has 8 heteroatoms. The van der Waals surface area contributed by atoms with Crippen LogP contribution < -0.4 is 10.6 Å². The number of aromatic nitrogens is 1. The van der Waals surface area contributed by atoms with Crippen LogP contribution in [-0.2, 0) is 9.53 Å². The number of hydrogen-bond donors (Lipinski definition) is 2. The number of hydrogen-bond acceptors (Lipinski definition) is 5. The Labute approximate surface area is 158 Å². The van der Waals surface area contributed by atoms with Crippen LogP contribution in [0.5, 0.6) is 0 Å². The molecule has 27 heavy (non-hydrogen) atoms. The summed E-state index contributed by atoms with van der Waals surface area (Å²) in [6.07, 6.45) is 1.99. The Bertz CT molecular complexity index is 746. The first kappa shape index (κ1) is 20.4. The van der Waals surface area contributed by atoms with Crippen LogP contribution in [0.25, 0.3) is 0 Å². The highest BCUT2D eigenvalue weighted by Crippen LogP contribution is 2.18. The Morgan fingerprint density at radius 3 is 2.74 bits per heavy atom. The van der Waals surface area contributed by atoms with Crippen LogP contribution in [0.4, 0.5) is 16.3 Å². The second-order valence-electron chi connectivity index (χ2n) is 6.08. The van der Waals surface area contributed by atoms with Crippen LogP contribution in [-0.4, -0.2) is 48.3 Å². The number of aryl methyl sites for hydroxylation is 1. The summed E-state index contributed by atoms with van der Waals surface area (Å²) >= 11 is 0. The number of carbonyl (C=O) groups excluding carboxylic acids is 2. The molecule has 2 rings (SSSR count). The second-order valence-corrected chi connectivity index (χ2v) is 6.08. The molecule has 0 aliphatic rings. The van der Waals surface area contributed by atoms with Gasteiger partial charge in [0.25, 0.3) is 0 Å². The van der Waals surface area contributed by atoms with Gasteiger partial charge in [-0.25, -0.2) is 4.79 Å². The average Bonchev–Trinajstić information content (AvgIpc) is 3.14. The molecule has 1 aromatic carbocycles. The number of urea groups is 1. The first-order valence-electron chi connectivity index (χ1n) is 8.91. The zero-order valence-electron chi connectivity index (χ0n) is 15.9. The Hall–Kier alpha value is -2.87. The summed E-state index contributed by atoms with van der Waals surface area (Å²) in [5, 5.41) is 9.12. The summed E-state index contributed by atoms with van der Waals surface area (Å²) in [6.45, 7) is 7.27. The Morgan fingerprint density at radius 1 is 1.22 bits per heavy atom. The zero-order valence-corrected chi connectivity index (χ0v) is 15.9. The number of nitrogens with zero attached hydrogens (tertiary/aromatic N) is 2. The molecule has 0 radical (unpaired) electrons. The van der Waals surface area contributed by atoms with E-state index in [2.05, 4.69) is 20.3 Å². The van der Waals surface area contributed by atoms with Crippen molar-refractivity contribution in [3.8, 4) is 0 Å². The smallest absolute Gasteiger partial charge is 0.322 e. The minimum Gasteiger partial charge on any atom is -0.382 e. The van der Waals surface area contributed by atoms with E-state index in [1.54, 1.807) is 0 Å². The van der Waals surface area contributed by atoms with Crippen LogP contribution in [0.15, 0.2) is 35.1 Å². The normalized spacial score (nSPS) is 10.5. The van der Waals surface area contributed by atoms with Gasteiger partial charge in [0, 0.05) is 31.5 Å². The topological polar surface area (TPSA) is 96.7 Å². The Balaban J connectivity index is 2.01. The van der Waals surface area contributed by atoms with Gasteiger partial charge in [0.2, 0.25) is 5.91 Å². The number of nitrogens with one attached hydrogen (secondary N) is 2. The highest BCUT2D eigenvalue weighted by Gasteiger charge is 2.18. The third-order valence-electron chi connectivity index (χ3n) is 4.09. The molecule has 1 heterocycles. The van der Waals surface area contributed by atoms with Gasteiger partial charge in [0.05, 0.1) is 0 Å². The van der Waals surface area contributed by atoms with Crippen molar-refractivity contribution in [2.75, 3.05) is 36.9 Å². The van der Waals surface area contributed by atoms with Gasteiger partial charge < -0.3 is 24.8 Å². The standard InChI is InChI=1S/C19H26N4O4/c1-4-26-11-6-10-23(13-18(24)21-17-9-12-27-22-17)19(25)20-16-8-5-7-14(2)15(16)3/h5,7-9,12H,4,6,10-11,13H2,1-3H3,(H,20,25)(H,21,22,24). The van der Waals surface area contributed by atoms with Gasteiger partial charge in [-0.3, -0.25) is 4.79 Å². The fourth-order valence-electron chi connectivity index (χ4n) is 2.47. The van der Waals surface area contributed by atoms with Crippen molar-refractivity contribution in [1.82, 2.24) is 10.1 Å². The molecule has 0 bridgehead atoms.